The van der Waals surface area contributed by atoms with Crippen LogP contribution in [0.5, 0.6) is 0 Å². The van der Waals surface area contributed by atoms with Crippen LogP contribution in [0.3, 0.4) is 0 Å². The van der Waals surface area contributed by atoms with Gasteiger partial charge in [0.25, 0.3) is 5.91 Å². The van der Waals surface area contributed by atoms with Gasteiger partial charge in [0.2, 0.25) is 5.91 Å². The van der Waals surface area contributed by atoms with E-state index in [4.69, 9.17) is 11.5 Å². The molecule has 1 rings (SSSR count). The van der Waals surface area contributed by atoms with Crippen LogP contribution in [0.1, 0.15) is 34.6 Å². The van der Waals surface area contributed by atoms with E-state index in [1.54, 1.807) is 12.1 Å². The Kier molecular flexibility index (Phi) is 5.81. The van der Waals surface area contributed by atoms with E-state index in [2.05, 4.69) is 5.32 Å². The van der Waals surface area contributed by atoms with Crippen molar-refractivity contribution in [2.75, 3.05) is 6.54 Å². The number of nitrogens with two attached hydrogens (primary N) is 2. The first kappa shape index (κ1) is 16.4. The molecule has 18 heavy (non-hydrogen) atoms. The molecule has 1 aromatic carbocycles. The lowest BCUT2D eigenvalue weighted by molar-refractivity contribution is 0.0914. The van der Waals surface area contributed by atoms with Crippen LogP contribution in [-0.2, 0) is 0 Å². The number of hydrogen-bond donors (Lipinski definition) is 3. The van der Waals surface area contributed by atoms with Crippen LogP contribution in [0.4, 0.5) is 0 Å². The second-order valence-corrected chi connectivity index (χ2v) is 4.48. The van der Waals surface area contributed by atoms with Gasteiger partial charge in [-0.05, 0) is 38.1 Å². The number of benzene rings is 1. The maximum Gasteiger partial charge on any atom is 0.251 e. The van der Waals surface area contributed by atoms with Gasteiger partial charge in [-0.2, -0.15) is 0 Å². The van der Waals surface area contributed by atoms with E-state index in [1.165, 1.54) is 12.1 Å². The van der Waals surface area contributed by atoms with Crippen molar-refractivity contribution < 1.29 is 9.59 Å². The number of halogens is 1. The van der Waals surface area contributed by atoms with Gasteiger partial charge in [0.1, 0.15) is 0 Å². The van der Waals surface area contributed by atoms with E-state index < -0.39 is 11.4 Å². The Bertz CT molecular complexity index is 429. The number of hydrogen-bond acceptors (Lipinski definition) is 3. The monoisotopic (exact) mass is 271 g/mol. The third-order valence-corrected chi connectivity index (χ3v) is 2.39. The normalized spacial score (nSPS) is 10.4. The minimum absolute atomic E-state index is 0. The fraction of sp³-hybridized carbons (Fsp3) is 0.333. The molecular weight excluding hydrogens is 254 g/mol. The van der Waals surface area contributed by atoms with E-state index in [0.717, 1.165) is 0 Å². The fourth-order valence-corrected chi connectivity index (χ4v) is 1.22. The van der Waals surface area contributed by atoms with Gasteiger partial charge in [-0.15, -0.1) is 12.4 Å². The van der Waals surface area contributed by atoms with Crippen LogP contribution in [0.25, 0.3) is 0 Å². The second kappa shape index (κ2) is 6.37. The maximum atomic E-state index is 11.8. The van der Waals surface area contributed by atoms with Gasteiger partial charge in [0.05, 0.1) is 0 Å². The van der Waals surface area contributed by atoms with Crippen molar-refractivity contribution in [1.82, 2.24) is 5.32 Å². The third kappa shape index (κ3) is 4.35. The van der Waals surface area contributed by atoms with Crippen molar-refractivity contribution in [3.8, 4) is 0 Å². The molecule has 0 unspecified atom stereocenters. The summed E-state index contributed by atoms with van der Waals surface area (Å²) in [6.45, 7) is 4.02. The summed E-state index contributed by atoms with van der Waals surface area (Å²) in [4.78, 5) is 22.7. The first-order valence-electron chi connectivity index (χ1n) is 5.28. The van der Waals surface area contributed by atoms with Gasteiger partial charge in [-0.25, -0.2) is 0 Å². The highest BCUT2D eigenvalue weighted by molar-refractivity contribution is 5.97. The summed E-state index contributed by atoms with van der Waals surface area (Å²) in [7, 11) is 0. The molecule has 5 nitrogen and oxygen atoms in total. The van der Waals surface area contributed by atoms with Crippen LogP contribution in [0.2, 0.25) is 0 Å². The molecule has 100 valence electrons. The summed E-state index contributed by atoms with van der Waals surface area (Å²) in [5.74, 6) is -0.740. The van der Waals surface area contributed by atoms with E-state index in [9.17, 15) is 9.59 Å². The Hall–Kier alpha value is -1.59. The SMILES string of the molecule is CC(C)(CN)NC(=O)c1ccc(C(N)=O)cc1.Cl. The standard InChI is InChI=1S/C12H17N3O2.ClH/c1-12(2,7-13)15-11(17)9-5-3-8(4-6-9)10(14)16;/h3-6H,7,13H2,1-2H3,(H2,14,16)(H,15,17);1H. The highest BCUT2D eigenvalue weighted by Crippen LogP contribution is 2.06. The molecule has 0 saturated carbocycles. The summed E-state index contributed by atoms with van der Waals surface area (Å²) in [5, 5.41) is 2.79. The Morgan fingerprint density at radius 3 is 2.00 bits per heavy atom. The maximum absolute atomic E-state index is 11.8. The molecule has 0 spiro atoms. The van der Waals surface area contributed by atoms with Crippen molar-refractivity contribution >= 4 is 24.2 Å². The Morgan fingerprint density at radius 2 is 1.61 bits per heavy atom. The molecule has 0 aromatic heterocycles. The molecule has 0 saturated heterocycles. The molecule has 2 amide bonds. The average Bonchev–Trinajstić information content (AvgIpc) is 2.28. The molecular formula is C12H18ClN3O2. The molecule has 0 aliphatic heterocycles. The predicted molar refractivity (Wildman–Crippen MR) is 72.8 cm³/mol. The lowest BCUT2D eigenvalue weighted by Crippen LogP contribution is -2.48. The van der Waals surface area contributed by atoms with Crippen LogP contribution in [-0.4, -0.2) is 23.9 Å². The number of amides is 2. The number of rotatable bonds is 4. The van der Waals surface area contributed by atoms with Crippen LogP contribution in [0, 0.1) is 0 Å². The molecule has 0 bridgehead atoms. The van der Waals surface area contributed by atoms with Crippen LogP contribution < -0.4 is 16.8 Å². The number of nitrogens with one attached hydrogen (secondary N) is 1. The first-order chi connectivity index (χ1) is 7.85. The molecule has 0 aliphatic carbocycles. The molecule has 0 heterocycles. The van der Waals surface area contributed by atoms with E-state index in [1.807, 2.05) is 13.8 Å². The Labute approximate surface area is 112 Å². The molecule has 6 heteroatoms. The molecule has 1 aromatic rings. The number of carbonyl (C=O) groups excluding carboxylic acids is 2. The highest BCUT2D eigenvalue weighted by atomic mass is 35.5. The van der Waals surface area contributed by atoms with E-state index >= 15 is 0 Å². The molecule has 0 aliphatic rings. The van der Waals surface area contributed by atoms with Gasteiger partial charge in [0.15, 0.2) is 0 Å². The molecule has 0 radical (unpaired) electrons. The van der Waals surface area contributed by atoms with Gasteiger partial charge in [0, 0.05) is 23.2 Å². The molecule has 0 atom stereocenters. The van der Waals surface area contributed by atoms with Crippen molar-refractivity contribution in [3.63, 3.8) is 0 Å². The largest absolute Gasteiger partial charge is 0.366 e. The van der Waals surface area contributed by atoms with Crippen molar-refractivity contribution in [3.05, 3.63) is 35.4 Å². The Balaban J connectivity index is 0.00000289. The van der Waals surface area contributed by atoms with Crippen LogP contribution >= 0.6 is 12.4 Å². The van der Waals surface area contributed by atoms with E-state index in [0.29, 0.717) is 17.7 Å². The summed E-state index contributed by atoms with van der Waals surface area (Å²) in [5.41, 5.74) is 11.0. The molecule has 5 N–H and O–H groups in total. The minimum atomic E-state index is -0.515. The van der Waals surface area contributed by atoms with Crippen molar-refractivity contribution in [2.45, 2.75) is 19.4 Å². The number of primary amides is 1. The topological polar surface area (TPSA) is 98.2 Å². The van der Waals surface area contributed by atoms with Gasteiger partial charge in [-0.3, -0.25) is 9.59 Å². The lowest BCUT2D eigenvalue weighted by Gasteiger charge is -2.24. The highest BCUT2D eigenvalue weighted by Gasteiger charge is 2.19. The fourth-order valence-electron chi connectivity index (χ4n) is 1.22. The Morgan fingerprint density at radius 1 is 1.17 bits per heavy atom. The van der Waals surface area contributed by atoms with Gasteiger partial charge in [-0.1, -0.05) is 0 Å². The predicted octanol–water partition coefficient (Wildman–Crippen LogP) is 0.674. The zero-order valence-corrected chi connectivity index (χ0v) is 11.2. The minimum Gasteiger partial charge on any atom is -0.366 e. The third-order valence-electron chi connectivity index (χ3n) is 2.39. The number of carbonyl (C=O) groups is 2. The van der Waals surface area contributed by atoms with Crippen LogP contribution in [0.15, 0.2) is 24.3 Å². The summed E-state index contributed by atoms with van der Waals surface area (Å²) < 4.78 is 0. The van der Waals surface area contributed by atoms with Gasteiger partial charge >= 0.3 is 0 Å². The van der Waals surface area contributed by atoms with Crippen molar-refractivity contribution in [2.24, 2.45) is 11.5 Å². The zero-order valence-electron chi connectivity index (χ0n) is 10.4. The molecule has 0 fully saturated rings. The lowest BCUT2D eigenvalue weighted by atomic mass is 10.0. The summed E-state index contributed by atoms with van der Waals surface area (Å²) in [6, 6.07) is 6.16. The second-order valence-electron chi connectivity index (χ2n) is 4.48. The average molecular weight is 272 g/mol. The zero-order chi connectivity index (χ0) is 13.1. The van der Waals surface area contributed by atoms with Crippen molar-refractivity contribution in [1.29, 1.82) is 0 Å². The smallest absolute Gasteiger partial charge is 0.251 e. The quantitative estimate of drug-likeness (QED) is 0.751. The van der Waals surface area contributed by atoms with Gasteiger partial charge < -0.3 is 16.8 Å². The summed E-state index contributed by atoms with van der Waals surface area (Å²) in [6.07, 6.45) is 0. The van der Waals surface area contributed by atoms with E-state index in [-0.39, 0.29) is 18.3 Å². The first-order valence-corrected chi connectivity index (χ1v) is 5.28. The summed E-state index contributed by atoms with van der Waals surface area (Å²) >= 11 is 0.